The average molecular weight is 366 g/mol. The Morgan fingerprint density at radius 1 is 1.38 bits per heavy atom. The normalized spacial score (nSPS) is 24.1. The maximum absolute atomic E-state index is 12.1. The van der Waals surface area contributed by atoms with Gasteiger partial charge in [-0.1, -0.05) is 24.0 Å². The first-order valence-electron chi connectivity index (χ1n) is 7.81. The first kappa shape index (κ1) is 17.1. The summed E-state index contributed by atoms with van der Waals surface area (Å²) in [6, 6.07) is 0.109. The quantitative estimate of drug-likeness (QED) is 0.782. The zero-order chi connectivity index (χ0) is 16.9. The van der Waals surface area contributed by atoms with Crippen molar-refractivity contribution in [3.8, 4) is 5.88 Å². The number of aromatic nitrogens is 2. The maximum Gasteiger partial charge on any atom is 0.240 e. The van der Waals surface area contributed by atoms with E-state index >= 15 is 0 Å². The van der Waals surface area contributed by atoms with Gasteiger partial charge in [0.2, 0.25) is 17.7 Å². The predicted molar refractivity (Wildman–Crippen MR) is 93.6 cm³/mol. The van der Waals surface area contributed by atoms with Crippen molar-refractivity contribution < 1.29 is 14.3 Å². The second-order valence-corrected chi connectivity index (χ2v) is 7.35. The van der Waals surface area contributed by atoms with Crippen molar-refractivity contribution in [1.82, 2.24) is 20.2 Å². The van der Waals surface area contributed by atoms with E-state index in [2.05, 4.69) is 15.3 Å². The fourth-order valence-corrected chi connectivity index (χ4v) is 3.86. The third kappa shape index (κ3) is 4.41. The summed E-state index contributed by atoms with van der Waals surface area (Å²) >= 11 is 6.38. The Morgan fingerprint density at radius 3 is 2.79 bits per heavy atom. The molecule has 24 heavy (non-hydrogen) atoms. The van der Waals surface area contributed by atoms with Gasteiger partial charge in [-0.15, -0.1) is 0 Å². The predicted octanol–water partition coefficient (Wildman–Crippen LogP) is 1.14. The Bertz CT molecular complexity index is 604. The number of thioether (sulfide) groups is 1. The van der Waals surface area contributed by atoms with Crippen LogP contribution in [0.4, 0.5) is 0 Å². The molecular formula is C15H18N4O3S2. The second kappa shape index (κ2) is 7.89. The lowest BCUT2D eigenvalue weighted by molar-refractivity contribution is -0.130. The van der Waals surface area contributed by atoms with Crippen LogP contribution in [0.2, 0.25) is 0 Å². The summed E-state index contributed by atoms with van der Waals surface area (Å²) in [6.45, 7) is 0.0146. The van der Waals surface area contributed by atoms with Gasteiger partial charge in [0, 0.05) is 18.4 Å². The Hall–Kier alpha value is -1.74. The van der Waals surface area contributed by atoms with Gasteiger partial charge in [-0.3, -0.25) is 19.5 Å². The molecule has 3 rings (SSSR count). The van der Waals surface area contributed by atoms with Crippen molar-refractivity contribution in [2.45, 2.75) is 37.8 Å². The van der Waals surface area contributed by atoms with Gasteiger partial charge in [0.15, 0.2) is 0 Å². The number of amides is 2. The molecule has 0 unspecified atom stereocenters. The molecule has 1 saturated heterocycles. The SMILES string of the molecule is O=C(CN1C(=O)CSC1=S)NC1CCC(Oc2cnccn2)CC1. The minimum Gasteiger partial charge on any atom is -0.473 e. The van der Waals surface area contributed by atoms with E-state index in [4.69, 9.17) is 17.0 Å². The first-order chi connectivity index (χ1) is 11.6. The van der Waals surface area contributed by atoms with Crippen LogP contribution in [-0.4, -0.2) is 55.4 Å². The number of rotatable bonds is 5. The highest BCUT2D eigenvalue weighted by atomic mass is 32.2. The first-order valence-corrected chi connectivity index (χ1v) is 9.20. The van der Waals surface area contributed by atoms with Gasteiger partial charge in [-0.25, -0.2) is 4.98 Å². The summed E-state index contributed by atoms with van der Waals surface area (Å²) in [5.74, 6) is 0.605. The number of ether oxygens (including phenoxy) is 1. The highest BCUT2D eigenvalue weighted by Crippen LogP contribution is 2.23. The lowest BCUT2D eigenvalue weighted by atomic mass is 9.93. The number of hydrogen-bond donors (Lipinski definition) is 1. The van der Waals surface area contributed by atoms with Crippen LogP contribution in [0.1, 0.15) is 25.7 Å². The third-order valence-corrected chi connectivity index (χ3v) is 5.44. The highest BCUT2D eigenvalue weighted by Gasteiger charge is 2.30. The van der Waals surface area contributed by atoms with E-state index in [1.54, 1.807) is 18.6 Å². The molecule has 1 aliphatic carbocycles. The largest absolute Gasteiger partial charge is 0.473 e. The van der Waals surface area contributed by atoms with Crippen molar-refractivity contribution in [1.29, 1.82) is 0 Å². The molecule has 2 heterocycles. The van der Waals surface area contributed by atoms with E-state index in [0.717, 1.165) is 25.7 Å². The summed E-state index contributed by atoms with van der Waals surface area (Å²) < 4.78 is 6.27. The third-order valence-electron chi connectivity index (χ3n) is 4.01. The van der Waals surface area contributed by atoms with Crippen LogP contribution in [-0.2, 0) is 9.59 Å². The molecule has 1 aliphatic heterocycles. The van der Waals surface area contributed by atoms with Crippen LogP contribution in [0.5, 0.6) is 5.88 Å². The number of carbonyl (C=O) groups excluding carboxylic acids is 2. The maximum atomic E-state index is 12.1. The zero-order valence-electron chi connectivity index (χ0n) is 13.0. The minimum atomic E-state index is -0.161. The fraction of sp³-hybridized carbons (Fsp3) is 0.533. The zero-order valence-corrected chi connectivity index (χ0v) is 14.6. The molecule has 9 heteroatoms. The molecule has 0 radical (unpaired) electrons. The van der Waals surface area contributed by atoms with Crippen LogP contribution in [0, 0.1) is 0 Å². The van der Waals surface area contributed by atoms with Crippen molar-refractivity contribution in [2.75, 3.05) is 12.3 Å². The molecule has 0 spiro atoms. The monoisotopic (exact) mass is 366 g/mol. The summed E-state index contributed by atoms with van der Waals surface area (Å²) in [4.78, 5) is 33.2. The van der Waals surface area contributed by atoms with Crippen LogP contribution in [0.15, 0.2) is 18.6 Å². The van der Waals surface area contributed by atoms with E-state index in [0.29, 0.717) is 16.0 Å². The topological polar surface area (TPSA) is 84.4 Å². The molecule has 2 aliphatic rings. The van der Waals surface area contributed by atoms with E-state index in [9.17, 15) is 9.59 Å². The smallest absolute Gasteiger partial charge is 0.240 e. The molecule has 2 amide bonds. The van der Waals surface area contributed by atoms with Crippen molar-refractivity contribution >= 4 is 40.1 Å². The van der Waals surface area contributed by atoms with Gasteiger partial charge in [0.25, 0.3) is 0 Å². The fourth-order valence-electron chi connectivity index (χ4n) is 2.79. The molecule has 0 bridgehead atoms. The molecular weight excluding hydrogens is 348 g/mol. The van der Waals surface area contributed by atoms with E-state index < -0.39 is 0 Å². The minimum absolute atomic E-state index is 0.0146. The molecule has 0 atom stereocenters. The van der Waals surface area contributed by atoms with Crippen LogP contribution < -0.4 is 10.1 Å². The molecule has 1 saturated carbocycles. The van der Waals surface area contributed by atoms with Gasteiger partial charge in [-0.05, 0) is 25.7 Å². The standard InChI is InChI=1S/C15H18N4O3S2/c20-12(8-19-14(21)9-24-15(19)23)18-10-1-3-11(4-2-10)22-13-7-16-5-6-17-13/h5-7,10-11H,1-4,8-9H2,(H,18,20). The second-order valence-electron chi connectivity index (χ2n) is 5.74. The van der Waals surface area contributed by atoms with Gasteiger partial charge < -0.3 is 10.1 Å². The molecule has 1 aromatic rings. The summed E-state index contributed by atoms with van der Waals surface area (Å²) in [7, 11) is 0. The number of carbonyl (C=O) groups is 2. The summed E-state index contributed by atoms with van der Waals surface area (Å²) in [6.07, 6.45) is 8.27. The molecule has 0 aromatic carbocycles. The molecule has 1 aromatic heterocycles. The Morgan fingerprint density at radius 2 is 2.17 bits per heavy atom. The van der Waals surface area contributed by atoms with Gasteiger partial charge in [0.1, 0.15) is 17.0 Å². The van der Waals surface area contributed by atoms with E-state index in [1.165, 1.54) is 16.7 Å². The molecule has 1 N–H and O–H groups in total. The number of hydrogen-bond acceptors (Lipinski definition) is 7. The number of nitrogens with one attached hydrogen (secondary N) is 1. The van der Waals surface area contributed by atoms with Crippen LogP contribution >= 0.6 is 24.0 Å². The van der Waals surface area contributed by atoms with Gasteiger partial charge >= 0.3 is 0 Å². The highest BCUT2D eigenvalue weighted by molar-refractivity contribution is 8.23. The lowest BCUT2D eigenvalue weighted by Crippen LogP contribution is -2.45. The van der Waals surface area contributed by atoms with E-state index in [-0.39, 0.29) is 30.5 Å². The van der Waals surface area contributed by atoms with Gasteiger partial charge in [-0.2, -0.15) is 0 Å². The van der Waals surface area contributed by atoms with Gasteiger partial charge in [0.05, 0.1) is 11.9 Å². The Labute approximate surface area is 149 Å². The van der Waals surface area contributed by atoms with Crippen molar-refractivity contribution in [2.24, 2.45) is 0 Å². The molecule has 7 nitrogen and oxygen atoms in total. The Balaban J connectivity index is 1.41. The van der Waals surface area contributed by atoms with Crippen LogP contribution in [0.25, 0.3) is 0 Å². The number of thiocarbonyl (C=S) groups is 1. The van der Waals surface area contributed by atoms with Crippen molar-refractivity contribution in [3.63, 3.8) is 0 Å². The van der Waals surface area contributed by atoms with Crippen molar-refractivity contribution in [3.05, 3.63) is 18.6 Å². The number of nitrogens with zero attached hydrogens (tertiary/aromatic N) is 3. The van der Waals surface area contributed by atoms with E-state index in [1.807, 2.05) is 0 Å². The summed E-state index contributed by atoms with van der Waals surface area (Å²) in [5, 5.41) is 2.99. The average Bonchev–Trinajstić information content (AvgIpc) is 2.89. The van der Waals surface area contributed by atoms with Crippen LogP contribution in [0.3, 0.4) is 0 Å². The lowest BCUT2D eigenvalue weighted by Gasteiger charge is -2.29. The summed E-state index contributed by atoms with van der Waals surface area (Å²) in [5.41, 5.74) is 0. The molecule has 128 valence electrons. The molecule has 2 fully saturated rings. The Kier molecular flexibility index (Phi) is 5.62.